The molecule has 9 nitrogen and oxygen atoms in total. The van der Waals surface area contributed by atoms with E-state index in [-0.39, 0.29) is 19.6 Å². The van der Waals surface area contributed by atoms with Crippen LogP contribution in [0.1, 0.15) is 12.0 Å². The molecule has 0 aliphatic carbocycles. The van der Waals surface area contributed by atoms with Crippen molar-refractivity contribution in [3.8, 4) is 0 Å². The normalized spacial score (nSPS) is 30.7. The Hall–Kier alpha value is -2.85. The summed E-state index contributed by atoms with van der Waals surface area (Å²) >= 11 is 0. The van der Waals surface area contributed by atoms with Crippen LogP contribution in [-0.2, 0) is 29.5 Å². The van der Waals surface area contributed by atoms with E-state index in [0.29, 0.717) is 11.3 Å². The molecule has 4 atom stereocenters. The van der Waals surface area contributed by atoms with Crippen LogP contribution < -0.4 is 16.4 Å². The maximum absolute atomic E-state index is 14.0. The topological polar surface area (TPSA) is 135 Å². The molecule has 3 heterocycles. The Morgan fingerprint density at radius 1 is 1.36 bits per heavy atom. The molecule has 1 aromatic rings. The Balaban J connectivity index is 1.85. The fraction of sp³-hybridized carbons (Fsp3) is 0.444. The molecule has 0 saturated carbocycles. The summed E-state index contributed by atoms with van der Waals surface area (Å²) in [4.78, 5) is 51.8. The number of carbonyl (C=O) groups is 4. The van der Waals surface area contributed by atoms with Crippen LogP contribution in [0, 0.1) is 17.7 Å². The Bertz CT molecular complexity index is 906. The van der Waals surface area contributed by atoms with E-state index in [1.54, 1.807) is 0 Å². The average Bonchev–Trinajstić information content (AvgIpc) is 3.19. The smallest absolute Gasteiger partial charge is 0.291 e. The molecular weight excluding hydrogens is 371 g/mol. The first kappa shape index (κ1) is 18.5. The van der Waals surface area contributed by atoms with Crippen LogP contribution in [0.3, 0.4) is 0 Å². The molecule has 10 heteroatoms. The van der Waals surface area contributed by atoms with E-state index in [2.05, 4.69) is 5.32 Å². The molecule has 0 radical (unpaired) electrons. The molecule has 3 aliphatic heterocycles. The van der Waals surface area contributed by atoms with E-state index in [1.165, 1.54) is 30.6 Å². The molecule has 4 rings (SSSR count). The number of ether oxygens (including phenoxy) is 1. The summed E-state index contributed by atoms with van der Waals surface area (Å²) in [7, 11) is 1.44. The van der Waals surface area contributed by atoms with E-state index >= 15 is 0 Å². The minimum absolute atomic E-state index is 0.0398. The zero-order chi connectivity index (χ0) is 20.2. The zero-order valence-electron chi connectivity index (χ0n) is 15.1. The molecular formula is C18H20FN4O5+. The number of imide groups is 1. The van der Waals surface area contributed by atoms with Gasteiger partial charge in [0.2, 0.25) is 23.3 Å². The second kappa shape index (κ2) is 6.35. The highest BCUT2D eigenvalue weighted by Gasteiger charge is 2.74. The summed E-state index contributed by atoms with van der Waals surface area (Å²) in [5.74, 6) is -4.67. The van der Waals surface area contributed by atoms with Crippen molar-refractivity contribution in [3.63, 3.8) is 0 Å². The van der Waals surface area contributed by atoms with Crippen molar-refractivity contribution in [3.05, 3.63) is 29.6 Å². The number of benzene rings is 1. The first-order chi connectivity index (χ1) is 13.3. The van der Waals surface area contributed by atoms with Gasteiger partial charge in [0.1, 0.15) is 23.7 Å². The van der Waals surface area contributed by atoms with Crippen LogP contribution in [0.25, 0.3) is 0 Å². The van der Waals surface area contributed by atoms with Crippen molar-refractivity contribution in [2.75, 3.05) is 25.6 Å². The number of methoxy groups -OCH3 is 1. The quantitative estimate of drug-likeness (QED) is 0.501. The number of hydrogen-bond donors (Lipinski definition) is 3. The fourth-order valence-electron chi connectivity index (χ4n) is 4.82. The van der Waals surface area contributed by atoms with Crippen LogP contribution in [0.4, 0.5) is 10.1 Å². The molecule has 28 heavy (non-hydrogen) atoms. The Labute approximate surface area is 159 Å². The molecule has 0 aromatic heterocycles. The van der Waals surface area contributed by atoms with Crippen LogP contribution in [0.15, 0.2) is 18.2 Å². The lowest BCUT2D eigenvalue weighted by atomic mass is 9.76. The molecule has 1 spiro atoms. The maximum Gasteiger partial charge on any atom is 0.291 e. The summed E-state index contributed by atoms with van der Waals surface area (Å²) in [5, 5.41) is 4.22. The van der Waals surface area contributed by atoms with Gasteiger partial charge in [-0.15, -0.1) is 0 Å². The Morgan fingerprint density at radius 2 is 2.11 bits per heavy atom. The molecule has 1 aromatic carbocycles. The first-order valence-electron chi connectivity index (χ1n) is 8.91. The number of nitrogens with two attached hydrogens (primary N) is 2. The minimum Gasteiger partial charge on any atom is -0.383 e. The van der Waals surface area contributed by atoms with E-state index in [4.69, 9.17) is 10.5 Å². The van der Waals surface area contributed by atoms with Crippen molar-refractivity contribution in [1.82, 2.24) is 4.90 Å². The van der Waals surface area contributed by atoms with E-state index in [9.17, 15) is 23.6 Å². The van der Waals surface area contributed by atoms with Crippen molar-refractivity contribution in [2.45, 2.75) is 18.0 Å². The van der Waals surface area contributed by atoms with Gasteiger partial charge in [-0.2, -0.15) is 0 Å². The number of halogens is 1. The van der Waals surface area contributed by atoms with E-state index < -0.39 is 52.9 Å². The lowest BCUT2D eigenvalue weighted by molar-refractivity contribution is -0.732. The largest absolute Gasteiger partial charge is 0.383 e. The van der Waals surface area contributed by atoms with Crippen molar-refractivity contribution in [2.24, 2.45) is 17.6 Å². The van der Waals surface area contributed by atoms with Gasteiger partial charge in [-0.3, -0.25) is 24.1 Å². The minimum atomic E-state index is -1.52. The van der Waals surface area contributed by atoms with Crippen LogP contribution in [0.5, 0.6) is 0 Å². The summed E-state index contributed by atoms with van der Waals surface area (Å²) in [6, 6.07) is 3.12. The average molecular weight is 391 g/mol. The van der Waals surface area contributed by atoms with Crippen molar-refractivity contribution >= 4 is 29.3 Å². The Morgan fingerprint density at radius 3 is 2.79 bits per heavy atom. The molecule has 0 bridgehead atoms. The van der Waals surface area contributed by atoms with Gasteiger partial charge in [0.15, 0.2) is 0 Å². The third kappa shape index (κ3) is 2.38. The van der Waals surface area contributed by atoms with Gasteiger partial charge >= 0.3 is 0 Å². The number of amides is 4. The van der Waals surface area contributed by atoms with Gasteiger partial charge in [-0.1, -0.05) is 0 Å². The highest BCUT2D eigenvalue weighted by atomic mass is 19.1. The number of anilines is 1. The number of primary amides is 1. The number of fused-ring (bicyclic) bond motifs is 4. The Kier molecular flexibility index (Phi) is 4.20. The van der Waals surface area contributed by atoms with Crippen molar-refractivity contribution < 1.29 is 33.6 Å². The molecule has 2 fully saturated rings. The number of hydrogen-bond acceptors (Lipinski definition) is 5. The highest BCUT2D eigenvalue weighted by molar-refractivity contribution is 6.14. The fourth-order valence-corrected chi connectivity index (χ4v) is 4.82. The van der Waals surface area contributed by atoms with E-state index in [1.807, 2.05) is 0 Å². The lowest BCUT2D eigenvalue weighted by Gasteiger charge is -2.26. The molecule has 3 aliphatic rings. The number of likely N-dealkylation sites (tertiary alicyclic amines) is 1. The molecule has 4 amide bonds. The van der Waals surface area contributed by atoms with Gasteiger partial charge < -0.3 is 21.1 Å². The van der Waals surface area contributed by atoms with Gasteiger partial charge in [0.05, 0.1) is 25.3 Å². The number of carbonyl (C=O) groups excluding carboxylic acids is 4. The number of nitrogens with zero attached hydrogens (tertiary/aromatic N) is 1. The van der Waals surface area contributed by atoms with Crippen LogP contribution in [-0.4, -0.2) is 54.8 Å². The summed E-state index contributed by atoms with van der Waals surface area (Å²) in [6.45, 7) is 0.184. The number of quaternary nitrogens is 1. The molecule has 148 valence electrons. The highest BCUT2D eigenvalue weighted by Crippen LogP contribution is 2.49. The summed E-state index contributed by atoms with van der Waals surface area (Å²) < 4.78 is 19.0. The lowest BCUT2D eigenvalue weighted by Crippen LogP contribution is -2.99. The maximum atomic E-state index is 14.0. The number of nitrogens with one attached hydrogen (secondary N) is 1. The molecule has 0 unspecified atom stereocenters. The monoisotopic (exact) mass is 391 g/mol. The summed E-state index contributed by atoms with van der Waals surface area (Å²) in [5.41, 5.74) is 4.51. The third-order valence-corrected chi connectivity index (χ3v) is 5.88. The standard InChI is InChI=1S/C18H19FN4O5/c1-28-5-4-23-15(25)13-11(7-12(20)24)22-18(14(13)16(23)26)9-6-8(19)2-3-10(9)21-17(18)27/h2-3,6,11,13-14,22H,4-5,7H2,1H3,(H2,20,24)(H,21,27)/p+1/t11-,13+,14-,18+/m0/s1. The molecule has 2 saturated heterocycles. The van der Waals surface area contributed by atoms with Crippen LogP contribution >= 0.6 is 0 Å². The van der Waals surface area contributed by atoms with Gasteiger partial charge in [-0.25, -0.2) is 4.39 Å². The SMILES string of the molecule is COCCN1C(=O)[C@@H]2[C@H](CC(N)=O)[NH2+][C@@]3(C(=O)Nc4ccc(F)cc43)[C@@H]2C1=O. The second-order valence-electron chi connectivity index (χ2n) is 7.34. The number of rotatable bonds is 5. The second-order valence-corrected chi connectivity index (χ2v) is 7.34. The summed E-state index contributed by atoms with van der Waals surface area (Å²) in [6.07, 6.45) is -0.183. The van der Waals surface area contributed by atoms with Gasteiger partial charge in [0.25, 0.3) is 5.91 Å². The predicted octanol–water partition coefficient (Wildman–Crippen LogP) is -1.96. The van der Waals surface area contributed by atoms with Gasteiger partial charge in [0, 0.05) is 12.7 Å². The van der Waals surface area contributed by atoms with Crippen molar-refractivity contribution in [1.29, 1.82) is 0 Å². The molecule has 5 N–H and O–H groups in total. The van der Waals surface area contributed by atoms with Gasteiger partial charge in [-0.05, 0) is 18.2 Å². The first-order valence-corrected chi connectivity index (χ1v) is 8.91. The van der Waals surface area contributed by atoms with E-state index in [0.717, 1.165) is 4.90 Å². The van der Waals surface area contributed by atoms with Crippen LogP contribution in [0.2, 0.25) is 0 Å². The zero-order valence-corrected chi connectivity index (χ0v) is 15.1. The predicted molar refractivity (Wildman–Crippen MR) is 91.8 cm³/mol. The third-order valence-electron chi connectivity index (χ3n) is 5.88.